The van der Waals surface area contributed by atoms with Gasteiger partial charge in [-0.1, -0.05) is 12.2 Å². The van der Waals surface area contributed by atoms with Crippen LogP contribution in [-0.4, -0.2) is 33.8 Å². The van der Waals surface area contributed by atoms with E-state index in [4.69, 9.17) is 0 Å². The van der Waals surface area contributed by atoms with E-state index in [1.807, 2.05) is 24.4 Å². The predicted molar refractivity (Wildman–Crippen MR) is 125 cm³/mol. The first-order valence-electron chi connectivity index (χ1n) is 11.0. The molecule has 0 bridgehead atoms. The zero-order valence-electron chi connectivity index (χ0n) is 17.9. The molecular formula is C25H29N5O. The highest BCUT2D eigenvalue weighted by Crippen LogP contribution is 2.30. The van der Waals surface area contributed by atoms with Crippen molar-refractivity contribution in [3.05, 3.63) is 59.6 Å². The largest absolute Gasteiger partial charge is 0.393 e. The Morgan fingerprint density at radius 3 is 2.87 bits per heavy atom. The summed E-state index contributed by atoms with van der Waals surface area (Å²) in [6.45, 7) is 2.98. The van der Waals surface area contributed by atoms with Gasteiger partial charge in [0.2, 0.25) is 0 Å². The molecule has 3 aromatic rings. The van der Waals surface area contributed by atoms with Gasteiger partial charge in [-0.2, -0.15) is 5.26 Å². The van der Waals surface area contributed by atoms with Crippen LogP contribution in [0.2, 0.25) is 0 Å². The molecule has 0 unspecified atom stereocenters. The molecule has 1 aromatic carbocycles. The van der Waals surface area contributed by atoms with Crippen molar-refractivity contribution in [2.75, 3.05) is 11.9 Å². The van der Waals surface area contributed by atoms with Crippen LogP contribution in [-0.2, 0) is 0 Å². The molecule has 1 fully saturated rings. The van der Waals surface area contributed by atoms with Gasteiger partial charge in [-0.05, 0) is 69.3 Å². The Bertz CT molecular complexity index is 1100. The number of aliphatic hydroxyl groups is 1. The summed E-state index contributed by atoms with van der Waals surface area (Å²) in [5.41, 5.74) is 5.41. The Hall–Kier alpha value is -3.14. The van der Waals surface area contributed by atoms with Crippen LogP contribution < -0.4 is 10.6 Å². The molecule has 31 heavy (non-hydrogen) atoms. The first kappa shape index (κ1) is 21.1. The Morgan fingerprint density at radius 1 is 1.23 bits per heavy atom. The molecule has 2 heterocycles. The normalized spacial score (nSPS) is 19.0. The van der Waals surface area contributed by atoms with Gasteiger partial charge in [0.15, 0.2) is 0 Å². The number of aromatic nitrogens is 2. The molecule has 0 spiro atoms. The van der Waals surface area contributed by atoms with Gasteiger partial charge in [0, 0.05) is 46.8 Å². The summed E-state index contributed by atoms with van der Waals surface area (Å²) in [6.07, 6.45) is 14.1. The van der Waals surface area contributed by atoms with Crippen molar-refractivity contribution in [3.63, 3.8) is 0 Å². The first-order chi connectivity index (χ1) is 15.2. The fourth-order valence-electron chi connectivity index (χ4n) is 4.24. The quantitative estimate of drug-likeness (QED) is 0.416. The van der Waals surface area contributed by atoms with Gasteiger partial charge in [-0.15, -0.1) is 0 Å². The number of aliphatic hydroxyl groups excluding tert-OH is 1. The molecule has 6 nitrogen and oxygen atoms in total. The molecule has 0 atom stereocenters. The summed E-state index contributed by atoms with van der Waals surface area (Å²) in [5.74, 6) is 0. The van der Waals surface area contributed by atoms with E-state index in [1.165, 1.54) is 0 Å². The highest BCUT2D eigenvalue weighted by molar-refractivity contribution is 5.89. The lowest BCUT2D eigenvalue weighted by molar-refractivity contribution is 0.117. The van der Waals surface area contributed by atoms with Crippen molar-refractivity contribution in [3.8, 4) is 6.07 Å². The van der Waals surface area contributed by atoms with E-state index in [1.54, 1.807) is 12.4 Å². The molecule has 0 radical (unpaired) electrons. The van der Waals surface area contributed by atoms with E-state index in [9.17, 15) is 10.4 Å². The second-order valence-corrected chi connectivity index (χ2v) is 8.22. The number of aryl methyl sites for hydroxylation is 1. The van der Waals surface area contributed by atoms with Crippen LogP contribution >= 0.6 is 0 Å². The van der Waals surface area contributed by atoms with Crippen LogP contribution in [0.1, 0.15) is 48.8 Å². The SMILES string of the molecule is Cc1c(Nc2c(C#N)cncc2/C=C/CCNC2CCC(O)CC2)ccc2[nH]ccc12. The second-order valence-electron chi connectivity index (χ2n) is 8.22. The Kier molecular flexibility index (Phi) is 6.66. The Morgan fingerprint density at radius 2 is 2.06 bits per heavy atom. The molecule has 6 heteroatoms. The number of nitriles is 1. The summed E-state index contributed by atoms with van der Waals surface area (Å²) in [4.78, 5) is 7.47. The molecule has 1 aliphatic rings. The number of hydrogen-bond acceptors (Lipinski definition) is 5. The smallest absolute Gasteiger partial charge is 0.103 e. The van der Waals surface area contributed by atoms with Crippen molar-refractivity contribution >= 4 is 28.4 Å². The Labute approximate surface area is 183 Å². The minimum absolute atomic E-state index is 0.120. The van der Waals surface area contributed by atoms with Gasteiger partial charge in [0.25, 0.3) is 0 Å². The molecular weight excluding hydrogens is 386 g/mol. The molecule has 4 N–H and O–H groups in total. The van der Waals surface area contributed by atoms with E-state index >= 15 is 0 Å². The van der Waals surface area contributed by atoms with E-state index in [-0.39, 0.29) is 6.10 Å². The van der Waals surface area contributed by atoms with Gasteiger partial charge >= 0.3 is 0 Å². The lowest BCUT2D eigenvalue weighted by Crippen LogP contribution is -2.34. The molecule has 0 aliphatic heterocycles. The Balaban J connectivity index is 1.45. The highest BCUT2D eigenvalue weighted by Gasteiger charge is 2.18. The van der Waals surface area contributed by atoms with Crippen LogP contribution in [0.5, 0.6) is 0 Å². The molecule has 1 aliphatic carbocycles. The van der Waals surface area contributed by atoms with Crippen LogP contribution in [0.4, 0.5) is 11.4 Å². The van der Waals surface area contributed by atoms with Gasteiger partial charge in [-0.3, -0.25) is 4.98 Å². The monoisotopic (exact) mass is 415 g/mol. The van der Waals surface area contributed by atoms with Gasteiger partial charge < -0.3 is 20.7 Å². The number of benzene rings is 1. The van der Waals surface area contributed by atoms with Crippen molar-refractivity contribution in [1.82, 2.24) is 15.3 Å². The number of nitrogens with zero attached hydrogens (tertiary/aromatic N) is 2. The second kappa shape index (κ2) is 9.78. The van der Waals surface area contributed by atoms with Crippen LogP contribution in [0.3, 0.4) is 0 Å². The van der Waals surface area contributed by atoms with Gasteiger partial charge in [0.1, 0.15) is 6.07 Å². The zero-order valence-corrected chi connectivity index (χ0v) is 17.9. The zero-order chi connectivity index (χ0) is 21.6. The molecule has 2 aromatic heterocycles. The maximum atomic E-state index is 9.62. The number of anilines is 2. The molecule has 4 rings (SSSR count). The average Bonchev–Trinajstić information content (AvgIpc) is 3.27. The van der Waals surface area contributed by atoms with E-state index < -0.39 is 0 Å². The minimum atomic E-state index is -0.120. The van der Waals surface area contributed by atoms with Crippen LogP contribution in [0.15, 0.2) is 42.9 Å². The van der Waals surface area contributed by atoms with Crippen molar-refractivity contribution in [2.24, 2.45) is 0 Å². The van der Waals surface area contributed by atoms with E-state index in [0.717, 1.165) is 72.1 Å². The average molecular weight is 416 g/mol. The fraction of sp³-hybridized carbons (Fsp3) is 0.360. The number of rotatable bonds is 7. The topological polar surface area (TPSA) is 96.8 Å². The summed E-state index contributed by atoms with van der Waals surface area (Å²) < 4.78 is 0. The number of pyridine rings is 1. The van der Waals surface area contributed by atoms with Crippen molar-refractivity contribution in [2.45, 2.75) is 51.2 Å². The number of H-pyrrole nitrogens is 1. The van der Waals surface area contributed by atoms with Crippen LogP contribution in [0, 0.1) is 18.3 Å². The number of fused-ring (bicyclic) bond motifs is 1. The molecule has 0 amide bonds. The van der Waals surface area contributed by atoms with Gasteiger partial charge in [0.05, 0.1) is 17.4 Å². The summed E-state index contributed by atoms with van der Waals surface area (Å²) >= 11 is 0. The maximum absolute atomic E-state index is 9.62. The lowest BCUT2D eigenvalue weighted by Gasteiger charge is -2.26. The fourth-order valence-corrected chi connectivity index (χ4v) is 4.24. The third kappa shape index (κ3) is 4.96. The summed E-state index contributed by atoms with van der Waals surface area (Å²) in [6, 6.07) is 8.91. The standard InChI is InChI=1S/C25H29N5O/c1-17-22-11-13-29-24(22)10-9-23(17)30-25-18(15-27-16-19(25)14-26)4-2-3-12-28-20-5-7-21(31)8-6-20/h2,4,9-11,13,15-16,20-21,28-29,31H,3,5-8,12H2,1H3,(H,27,30)/b4-2+. The van der Waals surface area contributed by atoms with Crippen molar-refractivity contribution in [1.29, 1.82) is 5.26 Å². The van der Waals surface area contributed by atoms with Crippen molar-refractivity contribution < 1.29 is 5.11 Å². The maximum Gasteiger partial charge on any atom is 0.103 e. The predicted octanol–water partition coefficient (Wildman–Crippen LogP) is 4.78. The number of aromatic amines is 1. The minimum Gasteiger partial charge on any atom is -0.393 e. The third-order valence-electron chi connectivity index (χ3n) is 6.10. The van der Waals surface area contributed by atoms with E-state index in [0.29, 0.717) is 11.6 Å². The lowest BCUT2D eigenvalue weighted by atomic mass is 9.93. The van der Waals surface area contributed by atoms with Crippen LogP contribution in [0.25, 0.3) is 17.0 Å². The molecule has 1 saturated carbocycles. The summed E-state index contributed by atoms with van der Waals surface area (Å²) in [5, 5.41) is 27.4. The molecule has 160 valence electrons. The third-order valence-corrected chi connectivity index (χ3v) is 6.10. The van der Waals surface area contributed by atoms with Gasteiger partial charge in [-0.25, -0.2) is 0 Å². The highest BCUT2D eigenvalue weighted by atomic mass is 16.3. The molecule has 0 saturated heterocycles. The summed E-state index contributed by atoms with van der Waals surface area (Å²) in [7, 11) is 0. The van der Waals surface area contributed by atoms with E-state index in [2.05, 4.69) is 45.7 Å². The first-order valence-corrected chi connectivity index (χ1v) is 11.0. The number of nitrogens with one attached hydrogen (secondary N) is 3. The number of hydrogen-bond donors (Lipinski definition) is 4.